The zero-order valence-corrected chi connectivity index (χ0v) is 38.5. The summed E-state index contributed by atoms with van der Waals surface area (Å²) in [6, 6.07) is 7.34. The van der Waals surface area contributed by atoms with E-state index in [1.807, 2.05) is 39.8 Å². The van der Waals surface area contributed by atoms with Gasteiger partial charge in [0.05, 0.1) is 23.6 Å². The molecule has 2 N–H and O–H groups in total. The fraction of sp³-hybridized carbons (Fsp3) is 0.700. The molecule has 8 rings (SSSR count). The van der Waals surface area contributed by atoms with Crippen LogP contribution in [-0.4, -0.2) is 45.4 Å². The average molecular weight is 844 g/mol. The van der Waals surface area contributed by atoms with Gasteiger partial charge in [-0.15, -0.1) is 0 Å². The number of hydrogen-bond donors (Lipinski definition) is 2. The molecule has 2 aromatic rings. The third-order valence-electron chi connectivity index (χ3n) is 18.6. The van der Waals surface area contributed by atoms with E-state index in [2.05, 4.69) is 58.8 Å². The van der Waals surface area contributed by atoms with Crippen molar-refractivity contribution in [3.63, 3.8) is 0 Å². The van der Waals surface area contributed by atoms with E-state index in [-0.39, 0.29) is 63.7 Å². The number of hydrogen-bond acceptors (Lipinski definition) is 7. The van der Waals surface area contributed by atoms with Gasteiger partial charge in [-0.2, -0.15) is 0 Å². The zero-order valence-electron chi connectivity index (χ0n) is 37.7. The Labute approximate surface area is 361 Å². The van der Waals surface area contributed by atoms with Gasteiger partial charge in [0.1, 0.15) is 11.5 Å². The van der Waals surface area contributed by atoms with E-state index in [1.54, 1.807) is 18.3 Å². The summed E-state index contributed by atoms with van der Waals surface area (Å²) in [5.74, 6) is -0.158. The highest BCUT2D eigenvalue weighted by molar-refractivity contribution is 6.30. The molecule has 1 aromatic heterocycles. The summed E-state index contributed by atoms with van der Waals surface area (Å²) in [4.78, 5) is 59.0. The molecule has 326 valence electrons. The minimum atomic E-state index is -1.10. The molecule has 10 atom stereocenters. The van der Waals surface area contributed by atoms with Crippen LogP contribution >= 0.6 is 11.6 Å². The number of nitrogens with one attached hydrogen (secondary N) is 1. The molecule has 60 heavy (non-hydrogen) atoms. The monoisotopic (exact) mass is 842 g/mol. The molecule has 6 aliphatic rings. The first kappa shape index (κ1) is 43.2. The van der Waals surface area contributed by atoms with Crippen LogP contribution < -0.4 is 5.32 Å². The Bertz CT molecular complexity index is 2150. The predicted molar refractivity (Wildman–Crippen MR) is 231 cm³/mol. The molecule has 0 aliphatic heterocycles. The van der Waals surface area contributed by atoms with Gasteiger partial charge in [0.25, 0.3) is 0 Å². The first-order valence-electron chi connectivity index (χ1n) is 22.6. The number of aliphatic carboxylic acids is 1. The molecule has 0 saturated heterocycles. The lowest BCUT2D eigenvalue weighted by Crippen LogP contribution is -2.67. The number of allylic oxidation sites excluding steroid dienone is 1. The van der Waals surface area contributed by atoms with Crippen LogP contribution in [0, 0.1) is 62.6 Å². The Balaban J connectivity index is 1.05. The number of benzene rings is 1. The summed E-state index contributed by atoms with van der Waals surface area (Å²) >= 11 is 6.13. The smallest absolute Gasteiger partial charge is 0.309 e. The molecule has 9 nitrogen and oxygen atoms in total. The Morgan fingerprint density at radius 3 is 2.20 bits per heavy atom. The van der Waals surface area contributed by atoms with Gasteiger partial charge in [0.2, 0.25) is 11.8 Å². The Morgan fingerprint density at radius 1 is 0.883 bits per heavy atom. The van der Waals surface area contributed by atoms with Crippen molar-refractivity contribution in [1.29, 1.82) is 0 Å². The van der Waals surface area contributed by atoms with Gasteiger partial charge in [-0.25, -0.2) is 4.98 Å². The third-order valence-corrected chi connectivity index (χ3v) is 18.8. The van der Waals surface area contributed by atoms with E-state index in [9.17, 15) is 24.3 Å². The lowest BCUT2D eigenvalue weighted by Gasteiger charge is -2.72. The number of ketones is 1. The SMILES string of the molecule is CC(C)C1=C2[C@H]3CC[C@@H]4[C@@]5(C)CC[C@H](OC(=O)[C@H]6C[C@@H](C(=O)O)C6(C)C)C(C)(C)[C@@H]5CC[C@@]4(C)[C@]3(C)CC[C@@]2(NC(=O)C(C)(C)c2ncc(-c3ccc(Cl)cc3)o2)CC1=O. The summed E-state index contributed by atoms with van der Waals surface area (Å²) in [5, 5.41) is 13.9. The lowest BCUT2D eigenvalue weighted by atomic mass is 9.33. The normalized spacial score (nSPS) is 37.9. The second-order valence-corrected chi connectivity index (χ2v) is 23.1. The molecule has 1 heterocycles. The summed E-state index contributed by atoms with van der Waals surface area (Å²) in [7, 11) is 0. The summed E-state index contributed by atoms with van der Waals surface area (Å²) in [6.07, 6.45) is 9.52. The van der Waals surface area contributed by atoms with Crippen molar-refractivity contribution in [2.75, 3.05) is 0 Å². The number of carbonyl (C=O) groups excluding carboxylic acids is 3. The number of aromatic nitrogens is 1. The van der Waals surface area contributed by atoms with Crippen LogP contribution in [0.1, 0.15) is 146 Å². The van der Waals surface area contributed by atoms with Crippen LogP contribution in [0.15, 0.2) is 46.0 Å². The van der Waals surface area contributed by atoms with Crippen LogP contribution in [0.2, 0.25) is 5.02 Å². The molecule has 0 unspecified atom stereocenters. The summed E-state index contributed by atoms with van der Waals surface area (Å²) in [5.41, 5.74) is 0.140. The van der Waals surface area contributed by atoms with Crippen molar-refractivity contribution >= 4 is 35.2 Å². The van der Waals surface area contributed by atoms with Crippen molar-refractivity contribution in [1.82, 2.24) is 10.3 Å². The predicted octanol–water partition coefficient (Wildman–Crippen LogP) is 10.8. The first-order valence-corrected chi connectivity index (χ1v) is 23.0. The van der Waals surface area contributed by atoms with E-state index in [0.717, 1.165) is 56.1 Å². The zero-order chi connectivity index (χ0) is 43.7. The minimum Gasteiger partial charge on any atom is -0.481 e. The molecule has 0 bridgehead atoms. The number of carboxylic acid groups (broad SMARTS) is 1. The van der Waals surface area contributed by atoms with Crippen molar-refractivity contribution < 1.29 is 33.4 Å². The summed E-state index contributed by atoms with van der Waals surface area (Å²) < 4.78 is 12.7. The molecular formula is C50H67ClN2O7. The van der Waals surface area contributed by atoms with Gasteiger partial charge in [-0.05, 0) is 152 Å². The van der Waals surface area contributed by atoms with Crippen LogP contribution in [0.4, 0.5) is 0 Å². The molecular weight excluding hydrogens is 776 g/mol. The van der Waals surface area contributed by atoms with Gasteiger partial charge in [-0.1, -0.05) is 73.9 Å². The Kier molecular flexibility index (Phi) is 10.1. The molecule has 10 heteroatoms. The fourth-order valence-corrected chi connectivity index (χ4v) is 14.8. The van der Waals surface area contributed by atoms with E-state index >= 15 is 0 Å². The highest BCUT2D eigenvalue weighted by Crippen LogP contribution is 2.76. The largest absolute Gasteiger partial charge is 0.481 e. The first-order chi connectivity index (χ1) is 27.8. The van der Waals surface area contributed by atoms with Crippen molar-refractivity contribution in [2.24, 2.45) is 62.6 Å². The Hall–Kier alpha value is -3.46. The van der Waals surface area contributed by atoms with Crippen LogP contribution in [0.25, 0.3) is 11.3 Å². The molecule has 1 aromatic carbocycles. The maximum atomic E-state index is 14.6. The van der Waals surface area contributed by atoms with Crippen molar-refractivity contribution in [3.8, 4) is 11.3 Å². The van der Waals surface area contributed by atoms with E-state index < -0.39 is 34.2 Å². The number of rotatable bonds is 8. The molecule has 1 amide bonds. The number of Topliss-reactive ketones (excluding diaryl/α,β-unsaturated/α-hetero) is 1. The Morgan fingerprint density at radius 2 is 1.57 bits per heavy atom. The highest BCUT2D eigenvalue weighted by Gasteiger charge is 2.71. The van der Waals surface area contributed by atoms with Gasteiger partial charge >= 0.3 is 11.9 Å². The van der Waals surface area contributed by atoms with E-state index in [4.69, 9.17) is 20.8 Å². The van der Waals surface area contributed by atoms with Crippen molar-refractivity contribution in [2.45, 2.75) is 157 Å². The van der Waals surface area contributed by atoms with Crippen LogP contribution in [0.3, 0.4) is 0 Å². The number of ether oxygens (including phenoxy) is 1. The maximum Gasteiger partial charge on any atom is 0.309 e. The second kappa shape index (κ2) is 14.0. The highest BCUT2D eigenvalue weighted by atomic mass is 35.5. The number of fused-ring (bicyclic) bond motifs is 7. The van der Waals surface area contributed by atoms with Crippen molar-refractivity contribution in [3.05, 3.63) is 52.5 Å². The number of amides is 1. The average Bonchev–Trinajstić information content (AvgIpc) is 3.76. The molecule has 6 aliphatic carbocycles. The van der Waals surface area contributed by atoms with Crippen LogP contribution in [0.5, 0.6) is 0 Å². The number of nitrogens with zero attached hydrogens (tertiary/aromatic N) is 1. The number of carboxylic acids is 1. The standard InChI is InChI=1S/C50H67ClN2O7/c1-27(2)38-33(54)25-50(53-42(58)46(7,8)43-52-26-34(59-43)28-12-14-29(51)15-13-28)23-22-48(10)30(39(38)50)16-17-36-47(9)20-19-37(45(5,6)35(47)18-21-49(36,48)11)60-41(57)32-24-31(40(55)56)44(32,3)4/h12-15,26-27,30-32,35-37H,16-25H2,1-11H3,(H,53,58)(H,55,56)/t30-,31+,32-,35+,36-,37+,47+,48-,49-,50-/m1/s1. The topological polar surface area (TPSA) is 136 Å². The van der Waals surface area contributed by atoms with Gasteiger partial charge < -0.3 is 19.6 Å². The van der Waals surface area contributed by atoms with Crippen LogP contribution in [-0.2, 0) is 29.3 Å². The fourth-order valence-electron chi connectivity index (χ4n) is 14.7. The molecule has 0 radical (unpaired) electrons. The van der Waals surface area contributed by atoms with E-state index in [0.29, 0.717) is 41.4 Å². The summed E-state index contributed by atoms with van der Waals surface area (Å²) in [6.45, 7) is 23.9. The number of oxazole rings is 1. The van der Waals surface area contributed by atoms with E-state index in [1.165, 1.54) is 5.57 Å². The third kappa shape index (κ3) is 6.07. The van der Waals surface area contributed by atoms with Gasteiger partial charge in [0, 0.05) is 22.4 Å². The minimum absolute atomic E-state index is 0.00508. The quantitative estimate of drug-likeness (QED) is 0.251. The second-order valence-electron chi connectivity index (χ2n) is 22.7. The molecule has 5 saturated carbocycles. The number of halogens is 1. The number of esters is 1. The molecule has 0 spiro atoms. The number of carbonyl (C=O) groups is 4. The van der Waals surface area contributed by atoms with Gasteiger partial charge in [0.15, 0.2) is 11.5 Å². The lowest BCUT2D eigenvalue weighted by molar-refractivity contribution is -0.235. The molecule has 5 fully saturated rings. The maximum absolute atomic E-state index is 14.6. The van der Waals surface area contributed by atoms with Gasteiger partial charge in [-0.3, -0.25) is 19.2 Å².